The van der Waals surface area contributed by atoms with Gasteiger partial charge in [0.2, 0.25) is 0 Å². The molecule has 0 aromatic heterocycles. The Kier molecular flexibility index (Phi) is 3.38. The van der Waals surface area contributed by atoms with Gasteiger partial charge in [-0.05, 0) is 19.9 Å². The van der Waals surface area contributed by atoms with E-state index in [1.165, 1.54) is 25.1 Å². The molecule has 0 saturated carbocycles. The van der Waals surface area contributed by atoms with E-state index in [1.807, 2.05) is 0 Å². The number of carbonyl (C=O) groups is 1. The second-order valence-corrected chi connectivity index (χ2v) is 2.93. The van der Waals surface area contributed by atoms with Gasteiger partial charge in [-0.1, -0.05) is 0 Å². The highest BCUT2D eigenvalue weighted by molar-refractivity contribution is 5.97. The summed E-state index contributed by atoms with van der Waals surface area (Å²) in [6.07, 6.45) is 0. The summed E-state index contributed by atoms with van der Waals surface area (Å²) in [6.45, 7) is 3.55. The number of benzene rings is 1. The Morgan fingerprint density at radius 2 is 2.20 bits per heavy atom. The summed E-state index contributed by atoms with van der Waals surface area (Å²) < 4.78 is 5.19. The molecular formula is C10H11NO4. The third-order valence-electron chi connectivity index (χ3n) is 1.85. The molecule has 0 aliphatic rings. The van der Waals surface area contributed by atoms with Gasteiger partial charge in [0.25, 0.3) is 5.69 Å². The van der Waals surface area contributed by atoms with Crippen LogP contribution in [0.1, 0.15) is 24.2 Å². The van der Waals surface area contributed by atoms with Crippen LogP contribution in [0.3, 0.4) is 0 Å². The zero-order valence-electron chi connectivity index (χ0n) is 8.52. The molecule has 0 aliphatic heterocycles. The van der Waals surface area contributed by atoms with E-state index in [0.29, 0.717) is 12.4 Å². The average molecular weight is 209 g/mol. The van der Waals surface area contributed by atoms with Crippen LogP contribution in [0, 0.1) is 10.1 Å². The number of nitro benzene ring substituents is 1. The first-order valence-corrected chi connectivity index (χ1v) is 4.48. The Balaban J connectivity index is 3.20. The van der Waals surface area contributed by atoms with Gasteiger partial charge in [0.15, 0.2) is 5.78 Å². The van der Waals surface area contributed by atoms with Gasteiger partial charge in [0.05, 0.1) is 17.1 Å². The number of Topliss-reactive ketones (excluding diaryl/α,β-unsaturated/α-hetero) is 1. The van der Waals surface area contributed by atoms with Gasteiger partial charge in [0, 0.05) is 12.1 Å². The molecule has 0 heterocycles. The summed E-state index contributed by atoms with van der Waals surface area (Å²) >= 11 is 0. The number of nitro groups is 1. The zero-order valence-corrected chi connectivity index (χ0v) is 8.52. The fourth-order valence-electron chi connectivity index (χ4n) is 1.19. The molecule has 80 valence electrons. The number of non-ortho nitro benzene ring substituents is 1. The SMILES string of the molecule is CCOc1ccc([N+](=O)[O-])cc1C(C)=O. The van der Waals surface area contributed by atoms with E-state index in [1.54, 1.807) is 6.92 Å². The summed E-state index contributed by atoms with van der Waals surface area (Å²) in [5.41, 5.74) is 0.134. The van der Waals surface area contributed by atoms with Gasteiger partial charge < -0.3 is 4.74 Å². The van der Waals surface area contributed by atoms with E-state index in [4.69, 9.17) is 4.74 Å². The van der Waals surface area contributed by atoms with Crippen LogP contribution in [0.15, 0.2) is 18.2 Å². The fraction of sp³-hybridized carbons (Fsp3) is 0.300. The number of hydrogen-bond acceptors (Lipinski definition) is 4. The Labute approximate surface area is 86.8 Å². The van der Waals surface area contributed by atoms with Crippen molar-refractivity contribution in [1.29, 1.82) is 0 Å². The molecule has 0 unspecified atom stereocenters. The standard InChI is InChI=1S/C10H11NO4/c1-3-15-10-5-4-8(11(13)14)6-9(10)7(2)12/h4-6H,3H2,1-2H3. The number of rotatable bonds is 4. The molecule has 0 spiro atoms. The number of ketones is 1. The molecular weight excluding hydrogens is 198 g/mol. The van der Waals surface area contributed by atoms with Crippen molar-refractivity contribution in [2.24, 2.45) is 0 Å². The lowest BCUT2D eigenvalue weighted by Crippen LogP contribution is -2.01. The van der Waals surface area contributed by atoms with Crippen LogP contribution in [-0.4, -0.2) is 17.3 Å². The Bertz CT molecular complexity index is 400. The highest BCUT2D eigenvalue weighted by atomic mass is 16.6. The first kappa shape index (κ1) is 11.2. The second kappa shape index (κ2) is 4.54. The molecule has 0 amide bonds. The molecule has 1 rings (SSSR count). The van der Waals surface area contributed by atoms with Gasteiger partial charge in [-0.3, -0.25) is 14.9 Å². The summed E-state index contributed by atoms with van der Waals surface area (Å²) in [6, 6.07) is 3.99. The zero-order chi connectivity index (χ0) is 11.4. The summed E-state index contributed by atoms with van der Waals surface area (Å²) in [5, 5.41) is 10.5. The normalized spacial score (nSPS) is 9.73. The first-order chi connectivity index (χ1) is 7.06. The molecule has 5 heteroatoms. The Hall–Kier alpha value is -1.91. The minimum Gasteiger partial charge on any atom is -0.493 e. The lowest BCUT2D eigenvalue weighted by molar-refractivity contribution is -0.384. The van der Waals surface area contributed by atoms with Gasteiger partial charge in [0.1, 0.15) is 5.75 Å². The highest BCUT2D eigenvalue weighted by Gasteiger charge is 2.14. The topological polar surface area (TPSA) is 69.4 Å². The summed E-state index contributed by atoms with van der Waals surface area (Å²) in [5.74, 6) is 0.137. The van der Waals surface area contributed by atoms with Crippen molar-refractivity contribution in [3.63, 3.8) is 0 Å². The van der Waals surface area contributed by atoms with Crippen molar-refractivity contribution in [2.45, 2.75) is 13.8 Å². The van der Waals surface area contributed by atoms with E-state index >= 15 is 0 Å². The maximum atomic E-state index is 11.2. The van der Waals surface area contributed by atoms with Crippen molar-refractivity contribution in [2.75, 3.05) is 6.61 Å². The molecule has 0 bridgehead atoms. The average Bonchev–Trinajstić information content (AvgIpc) is 2.18. The molecule has 0 radical (unpaired) electrons. The molecule has 0 N–H and O–H groups in total. The van der Waals surface area contributed by atoms with Crippen molar-refractivity contribution in [3.8, 4) is 5.75 Å². The lowest BCUT2D eigenvalue weighted by atomic mass is 10.1. The van der Waals surface area contributed by atoms with Crippen molar-refractivity contribution in [1.82, 2.24) is 0 Å². The second-order valence-electron chi connectivity index (χ2n) is 2.93. The monoisotopic (exact) mass is 209 g/mol. The quantitative estimate of drug-likeness (QED) is 0.433. The number of nitrogens with zero attached hydrogens (tertiary/aromatic N) is 1. The largest absolute Gasteiger partial charge is 0.493 e. The van der Waals surface area contributed by atoms with Crippen LogP contribution >= 0.6 is 0 Å². The van der Waals surface area contributed by atoms with E-state index in [9.17, 15) is 14.9 Å². The molecule has 5 nitrogen and oxygen atoms in total. The Morgan fingerprint density at radius 1 is 1.53 bits per heavy atom. The molecule has 0 fully saturated rings. The van der Waals surface area contributed by atoms with Crippen molar-refractivity contribution >= 4 is 11.5 Å². The van der Waals surface area contributed by atoms with Gasteiger partial charge in [-0.15, -0.1) is 0 Å². The van der Waals surface area contributed by atoms with Crippen LogP contribution in [0.5, 0.6) is 5.75 Å². The number of ether oxygens (including phenoxy) is 1. The van der Waals surface area contributed by atoms with E-state index in [-0.39, 0.29) is 17.0 Å². The predicted molar refractivity (Wildman–Crippen MR) is 54.3 cm³/mol. The summed E-state index contributed by atoms with van der Waals surface area (Å²) in [4.78, 5) is 21.2. The summed E-state index contributed by atoms with van der Waals surface area (Å²) in [7, 11) is 0. The van der Waals surface area contributed by atoms with Crippen molar-refractivity contribution in [3.05, 3.63) is 33.9 Å². The first-order valence-electron chi connectivity index (χ1n) is 4.48. The molecule has 1 aromatic carbocycles. The predicted octanol–water partition coefficient (Wildman–Crippen LogP) is 2.20. The smallest absolute Gasteiger partial charge is 0.270 e. The minimum absolute atomic E-state index is 0.108. The maximum absolute atomic E-state index is 11.2. The molecule has 1 aromatic rings. The molecule has 15 heavy (non-hydrogen) atoms. The number of carbonyl (C=O) groups excluding carboxylic acids is 1. The van der Waals surface area contributed by atoms with Gasteiger partial charge in [-0.2, -0.15) is 0 Å². The fourth-order valence-corrected chi connectivity index (χ4v) is 1.19. The third kappa shape index (κ3) is 2.52. The van der Waals surface area contributed by atoms with Crippen molar-refractivity contribution < 1.29 is 14.5 Å². The van der Waals surface area contributed by atoms with Gasteiger partial charge in [-0.25, -0.2) is 0 Å². The van der Waals surface area contributed by atoms with Crippen LogP contribution in [0.2, 0.25) is 0 Å². The maximum Gasteiger partial charge on any atom is 0.270 e. The lowest BCUT2D eigenvalue weighted by Gasteiger charge is -2.06. The van der Waals surface area contributed by atoms with Crippen LogP contribution in [-0.2, 0) is 0 Å². The van der Waals surface area contributed by atoms with Crippen LogP contribution in [0.25, 0.3) is 0 Å². The minimum atomic E-state index is -0.540. The molecule has 0 aliphatic carbocycles. The van der Waals surface area contributed by atoms with Gasteiger partial charge >= 0.3 is 0 Å². The Morgan fingerprint density at radius 3 is 2.67 bits per heavy atom. The third-order valence-corrected chi connectivity index (χ3v) is 1.85. The van der Waals surface area contributed by atoms with E-state index < -0.39 is 4.92 Å². The van der Waals surface area contributed by atoms with E-state index in [2.05, 4.69) is 0 Å². The van der Waals surface area contributed by atoms with E-state index in [0.717, 1.165) is 0 Å². The van der Waals surface area contributed by atoms with Crippen LogP contribution in [0.4, 0.5) is 5.69 Å². The van der Waals surface area contributed by atoms with Crippen LogP contribution < -0.4 is 4.74 Å². The highest BCUT2D eigenvalue weighted by Crippen LogP contribution is 2.24. The number of hydrogen-bond donors (Lipinski definition) is 0. The molecule has 0 saturated heterocycles. The molecule has 0 atom stereocenters.